The first-order chi connectivity index (χ1) is 17.1. The minimum absolute atomic E-state index is 0.269. The van der Waals surface area contributed by atoms with E-state index in [1.165, 1.54) is 0 Å². The Morgan fingerprint density at radius 3 is 1.37 bits per heavy atom. The van der Waals surface area contributed by atoms with Gasteiger partial charge in [0.05, 0.1) is 0 Å². The molecular weight excluding hydrogens is 440 g/mol. The number of carbonyl (C=O) groups is 2. The van der Waals surface area contributed by atoms with E-state index in [1.807, 2.05) is 72.8 Å². The summed E-state index contributed by atoms with van der Waals surface area (Å²) in [6.07, 6.45) is 7.57. The number of hydrogen-bond donors (Lipinski definition) is 4. The van der Waals surface area contributed by atoms with E-state index in [2.05, 4.69) is 31.2 Å². The van der Waals surface area contributed by atoms with Gasteiger partial charge in [-0.05, 0) is 65.1 Å². The van der Waals surface area contributed by atoms with Crippen molar-refractivity contribution in [1.82, 2.24) is 20.6 Å². The molecule has 0 spiro atoms. The highest BCUT2D eigenvalue weighted by atomic mass is 16.2. The topological polar surface area (TPSA) is 108 Å². The fraction of sp³-hybridized carbons (Fsp3) is 0.111. The van der Waals surface area contributed by atoms with Crippen LogP contribution in [0.3, 0.4) is 0 Å². The van der Waals surface area contributed by atoms with Crippen molar-refractivity contribution < 1.29 is 9.59 Å². The van der Waals surface area contributed by atoms with Gasteiger partial charge < -0.3 is 21.3 Å². The summed E-state index contributed by atoms with van der Waals surface area (Å²) in [7, 11) is 0. The zero-order valence-electron chi connectivity index (χ0n) is 19.1. The van der Waals surface area contributed by atoms with Crippen molar-refractivity contribution in [3.8, 4) is 0 Å². The van der Waals surface area contributed by atoms with Gasteiger partial charge >= 0.3 is 12.1 Å². The first kappa shape index (κ1) is 23.4. The van der Waals surface area contributed by atoms with Crippen LogP contribution < -0.4 is 21.3 Å². The van der Waals surface area contributed by atoms with Crippen molar-refractivity contribution in [2.75, 3.05) is 10.6 Å². The Kier molecular flexibility index (Phi) is 8.00. The molecule has 8 nitrogen and oxygen atoms in total. The smallest absolute Gasteiger partial charge is 0.319 e. The van der Waals surface area contributed by atoms with E-state index in [1.54, 1.807) is 24.8 Å². The summed E-state index contributed by atoms with van der Waals surface area (Å²) < 4.78 is 0. The molecule has 4 amide bonds. The van der Waals surface area contributed by atoms with Gasteiger partial charge in [-0.15, -0.1) is 0 Å². The number of carbonyl (C=O) groups excluding carboxylic acids is 2. The molecule has 0 unspecified atom stereocenters. The maximum atomic E-state index is 12.1. The molecule has 0 aliphatic rings. The van der Waals surface area contributed by atoms with Gasteiger partial charge in [0.15, 0.2) is 0 Å². The Balaban J connectivity index is 1.21. The van der Waals surface area contributed by atoms with Gasteiger partial charge in [0, 0.05) is 49.3 Å². The van der Waals surface area contributed by atoms with Crippen LogP contribution in [-0.4, -0.2) is 22.0 Å². The van der Waals surface area contributed by atoms with E-state index in [-0.39, 0.29) is 12.1 Å². The fourth-order valence-electron chi connectivity index (χ4n) is 3.37. The van der Waals surface area contributed by atoms with Crippen LogP contribution in [0.4, 0.5) is 21.0 Å². The summed E-state index contributed by atoms with van der Waals surface area (Å²) in [5.74, 6) is 0. The van der Waals surface area contributed by atoms with Crippen molar-refractivity contribution in [3.05, 3.63) is 120 Å². The zero-order valence-corrected chi connectivity index (χ0v) is 19.1. The molecule has 2 heterocycles. The molecule has 2 aromatic carbocycles. The van der Waals surface area contributed by atoms with Crippen LogP contribution in [0, 0.1) is 0 Å². The number of anilines is 2. The molecular formula is C27H26N6O2. The van der Waals surface area contributed by atoms with Gasteiger partial charge in [-0.3, -0.25) is 9.97 Å². The highest BCUT2D eigenvalue weighted by Gasteiger charge is 2.05. The van der Waals surface area contributed by atoms with Gasteiger partial charge in [-0.2, -0.15) is 0 Å². The molecule has 0 radical (unpaired) electrons. The molecule has 4 N–H and O–H groups in total. The number of benzene rings is 2. The van der Waals surface area contributed by atoms with E-state index in [0.717, 1.165) is 28.7 Å². The second-order valence-electron chi connectivity index (χ2n) is 7.91. The van der Waals surface area contributed by atoms with E-state index in [0.29, 0.717) is 24.5 Å². The van der Waals surface area contributed by atoms with Gasteiger partial charge in [-0.25, -0.2) is 9.59 Å². The minimum Gasteiger partial charge on any atom is -0.334 e. The Morgan fingerprint density at radius 1 is 0.571 bits per heavy atom. The van der Waals surface area contributed by atoms with Crippen molar-refractivity contribution in [3.63, 3.8) is 0 Å². The van der Waals surface area contributed by atoms with Crippen LogP contribution in [0.5, 0.6) is 0 Å². The quantitative estimate of drug-likeness (QED) is 0.302. The average molecular weight is 467 g/mol. The maximum absolute atomic E-state index is 12.1. The zero-order chi connectivity index (χ0) is 24.3. The highest BCUT2D eigenvalue weighted by molar-refractivity contribution is 5.89. The van der Waals surface area contributed by atoms with Gasteiger partial charge in [0.2, 0.25) is 0 Å². The SMILES string of the molecule is O=C(NCc1cccnc1)Nc1ccc(Cc2ccc(NC(=O)NCc3cccnc3)cc2)cc1. The van der Waals surface area contributed by atoms with E-state index >= 15 is 0 Å². The van der Waals surface area contributed by atoms with Crippen LogP contribution in [0.2, 0.25) is 0 Å². The Morgan fingerprint density at radius 2 is 1.00 bits per heavy atom. The van der Waals surface area contributed by atoms with E-state index in [4.69, 9.17) is 0 Å². The lowest BCUT2D eigenvalue weighted by atomic mass is 10.0. The molecule has 0 fully saturated rings. The molecule has 0 aliphatic carbocycles. The predicted octanol–water partition coefficient (Wildman–Crippen LogP) is 4.71. The molecule has 0 aliphatic heterocycles. The number of aromatic nitrogens is 2. The predicted molar refractivity (Wildman–Crippen MR) is 136 cm³/mol. The van der Waals surface area contributed by atoms with E-state index < -0.39 is 0 Å². The first-order valence-corrected chi connectivity index (χ1v) is 11.2. The van der Waals surface area contributed by atoms with Crippen molar-refractivity contribution in [2.24, 2.45) is 0 Å². The number of nitrogens with zero attached hydrogens (tertiary/aromatic N) is 2. The molecule has 2 aromatic heterocycles. The number of rotatable bonds is 8. The van der Waals surface area contributed by atoms with E-state index in [9.17, 15) is 9.59 Å². The summed E-state index contributed by atoms with van der Waals surface area (Å²) in [5, 5.41) is 11.3. The fourth-order valence-corrected chi connectivity index (χ4v) is 3.37. The Labute approximate surface area is 203 Å². The van der Waals surface area contributed by atoms with Crippen molar-refractivity contribution >= 4 is 23.4 Å². The maximum Gasteiger partial charge on any atom is 0.319 e. The standard InChI is InChI=1S/C27H26N6O2/c34-26(30-18-22-3-1-13-28-16-22)32-24-9-5-20(6-10-24)15-21-7-11-25(12-8-21)33-27(35)31-19-23-4-2-14-29-17-23/h1-14,16-17H,15,18-19H2,(H2,30,32,34)(H2,31,33,35). The Bertz CT molecular complexity index is 1130. The van der Waals surface area contributed by atoms with Gasteiger partial charge in [0.25, 0.3) is 0 Å². The molecule has 0 saturated carbocycles. The summed E-state index contributed by atoms with van der Waals surface area (Å²) in [6, 6.07) is 22.4. The second-order valence-corrected chi connectivity index (χ2v) is 7.91. The molecule has 0 atom stereocenters. The van der Waals surface area contributed by atoms with Crippen LogP contribution >= 0.6 is 0 Å². The van der Waals surface area contributed by atoms with Crippen LogP contribution in [0.1, 0.15) is 22.3 Å². The van der Waals surface area contributed by atoms with Crippen LogP contribution in [-0.2, 0) is 19.5 Å². The minimum atomic E-state index is -0.269. The molecule has 4 aromatic rings. The number of nitrogens with one attached hydrogen (secondary N) is 4. The molecule has 35 heavy (non-hydrogen) atoms. The van der Waals surface area contributed by atoms with Crippen molar-refractivity contribution in [1.29, 1.82) is 0 Å². The second kappa shape index (κ2) is 11.9. The molecule has 0 bridgehead atoms. The molecule has 4 rings (SSSR count). The number of amides is 4. The molecule has 8 heteroatoms. The summed E-state index contributed by atoms with van der Waals surface area (Å²) in [6.45, 7) is 0.823. The van der Waals surface area contributed by atoms with Crippen LogP contribution in [0.15, 0.2) is 97.6 Å². The number of urea groups is 2. The van der Waals surface area contributed by atoms with Gasteiger partial charge in [-0.1, -0.05) is 36.4 Å². The average Bonchev–Trinajstić information content (AvgIpc) is 2.90. The lowest BCUT2D eigenvalue weighted by molar-refractivity contribution is 0.251. The Hall–Kier alpha value is -4.72. The lowest BCUT2D eigenvalue weighted by Gasteiger charge is -2.10. The summed E-state index contributed by atoms with van der Waals surface area (Å²) >= 11 is 0. The van der Waals surface area contributed by atoms with Crippen molar-refractivity contribution in [2.45, 2.75) is 19.5 Å². The lowest BCUT2D eigenvalue weighted by Crippen LogP contribution is -2.28. The van der Waals surface area contributed by atoms with Gasteiger partial charge in [0.1, 0.15) is 0 Å². The molecule has 176 valence electrons. The third-order valence-corrected chi connectivity index (χ3v) is 5.18. The normalized spacial score (nSPS) is 10.3. The number of pyridine rings is 2. The monoisotopic (exact) mass is 466 g/mol. The third kappa shape index (κ3) is 7.68. The summed E-state index contributed by atoms with van der Waals surface area (Å²) in [5.41, 5.74) is 5.53. The number of hydrogen-bond acceptors (Lipinski definition) is 4. The molecule has 0 saturated heterocycles. The summed E-state index contributed by atoms with van der Waals surface area (Å²) in [4.78, 5) is 32.3. The first-order valence-electron chi connectivity index (χ1n) is 11.2. The highest BCUT2D eigenvalue weighted by Crippen LogP contribution is 2.16. The van der Waals surface area contributed by atoms with Crippen LogP contribution in [0.25, 0.3) is 0 Å². The third-order valence-electron chi connectivity index (χ3n) is 5.18. The largest absolute Gasteiger partial charge is 0.334 e.